The Morgan fingerprint density at radius 3 is 2.89 bits per heavy atom. The molecule has 1 aliphatic heterocycles. The fourth-order valence-corrected chi connectivity index (χ4v) is 5.36. The Bertz CT molecular complexity index is 1320. The fraction of sp³-hybridized carbons (Fsp3) is 0.407. The SMILES string of the molecule is N=C(/N=C(\N=C\c1cccc2[nH]ccc12)n1c(C2CCCC2)nc2c1C=CCC2)N1CCOCC1. The first-order chi connectivity index (χ1) is 17.3. The third-order valence-corrected chi connectivity index (χ3v) is 7.22. The van der Waals surface area contributed by atoms with Crippen molar-refractivity contribution in [1.82, 2.24) is 19.4 Å². The van der Waals surface area contributed by atoms with Gasteiger partial charge in [-0.25, -0.2) is 9.98 Å². The van der Waals surface area contributed by atoms with Gasteiger partial charge in [0.05, 0.1) is 24.6 Å². The minimum atomic E-state index is 0.222. The number of H-pyrrole nitrogens is 1. The van der Waals surface area contributed by atoms with E-state index >= 15 is 0 Å². The summed E-state index contributed by atoms with van der Waals surface area (Å²) in [7, 11) is 0. The van der Waals surface area contributed by atoms with Crippen molar-refractivity contribution in [2.75, 3.05) is 26.3 Å². The Morgan fingerprint density at radius 1 is 1.17 bits per heavy atom. The molecule has 6 rings (SSSR count). The minimum Gasteiger partial charge on any atom is -0.378 e. The van der Waals surface area contributed by atoms with E-state index in [2.05, 4.69) is 39.9 Å². The number of morpholine rings is 1. The van der Waals surface area contributed by atoms with Crippen molar-refractivity contribution in [3.05, 3.63) is 59.3 Å². The van der Waals surface area contributed by atoms with Crippen LogP contribution in [0.5, 0.6) is 0 Å². The van der Waals surface area contributed by atoms with Crippen LogP contribution < -0.4 is 0 Å². The van der Waals surface area contributed by atoms with Crippen LogP contribution in [0.1, 0.15) is 60.8 Å². The smallest absolute Gasteiger partial charge is 0.238 e. The summed E-state index contributed by atoms with van der Waals surface area (Å²) in [5.41, 5.74) is 4.26. The maximum atomic E-state index is 8.78. The lowest BCUT2D eigenvalue weighted by Gasteiger charge is -2.27. The van der Waals surface area contributed by atoms with Gasteiger partial charge in [-0.05, 0) is 43.9 Å². The molecule has 0 unspecified atom stereocenters. The Balaban J connectivity index is 1.47. The third kappa shape index (κ3) is 4.34. The van der Waals surface area contributed by atoms with Gasteiger partial charge in [-0.1, -0.05) is 31.1 Å². The van der Waals surface area contributed by atoms with Gasteiger partial charge in [-0.2, -0.15) is 4.99 Å². The monoisotopic (exact) mass is 469 g/mol. The summed E-state index contributed by atoms with van der Waals surface area (Å²) in [6.45, 7) is 2.56. The summed E-state index contributed by atoms with van der Waals surface area (Å²) in [5, 5.41) is 9.89. The largest absolute Gasteiger partial charge is 0.378 e. The molecule has 0 atom stereocenters. The van der Waals surface area contributed by atoms with Crippen LogP contribution in [0.4, 0.5) is 0 Å². The van der Waals surface area contributed by atoms with Gasteiger partial charge < -0.3 is 14.6 Å². The number of imidazole rings is 1. The number of fused-ring (bicyclic) bond motifs is 2. The van der Waals surface area contributed by atoms with Gasteiger partial charge in [-0.3, -0.25) is 9.98 Å². The number of aliphatic imine (C=N–C) groups is 2. The van der Waals surface area contributed by atoms with Crippen molar-refractivity contribution < 1.29 is 4.74 Å². The van der Waals surface area contributed by atoms with E-state index in [-0.39, 0.29) is 5.96 Å². The molecule has 2 aliphatic carbocycles. The Hall–Kier alpha value is -3.52. The van der Waals surface area contributed by atoms with E-state index in [1.54, 1.807) is 0 Å². The van der Waals surface area contributed by atoms with Crippen molar-refractivity contribution >= 4 is 35.1 Å². The van der Waals surface area contributed by atoms with Crippen molar-refractivity contribution in [3.63, 3.8) is 0 Å². The molecule has 2 fully saturated rings. The molecular weight excluding hydrogens is 438 g/mol. The van der Waals surface area contributed by atoms with Gasteiger partial charge in [-0.15, -0.1) is 0 Å². The van der Waals surface area contributed by atoms with Crippen LogP contribution in [-0.4, -0.2) is 63.9 Å². The van der Waals surface area contributed by atoms with Crippen LogP contribution >= 0.6 is 0 Å². The van der Waals surface area contributed by atoms with Crippen LogP contribution in [0.15, 0.2) is 46.5 Å². The Kier molecular flexibility index (Phi) is 6.04. The quantitative estimate of drug-likeness (QED) is 0.425. The second-order valence-electron chi connectivity index (χ2n) is 9.44. The fourth-order valence-electron chi connectivity index (χ4n) is 5.36. The average molecular weight is 470 g/mol. The zero-order valence-corrected chi connectivity index (χ0v) is 19.9. The number of hydrogen-bond acceptors (Lipinski definition) is 3. The molecule has 0 amide bonds. The highest BCUT2D eigenvalue weighted by Gasteiger charge is 2.28. The molecule has 1 saturated carbocycles. The number of allylic oxidation sites excluding steroid dienone is 1. The number of benzene rings is 1. The van der Waals surface area contributed by atoms with Crippen molar-refractivity contribution in [1.29, 1.82) is 5.41 Å². The first kappa shape index (κ1) is 22.0. The van der Waals surface area contributed by atoms with Gasteiger partial charge in [0.1, 0.15) is 5.82 Å². The molecular formula is C27H31N7O. The minimum absolute atomic E-state index is 0.222. The number of hydrogen-bond donors (Lipinski definition) is 2. The summed E-state index contributed by atoms with van der Waals surface area (Å²) in [4.78, 5) is 20.1. The molecule has 2 N–H and O–H groups in total. The number of aromatic amines is 1. The number of nitrogens with zero attached hydrogens (tertiary/aromatic N) is 5. The lowest BCUT2D eigenvalue weighted by Crippen LogP contribution is -2.40. The standard InChI is InChI=1S/C27H31N7O/c28-26(33-14-16-35-17-15-33)32-27(30-18-20-8-5-10-22-21(20)12-13-29-22)34-24-11-4-3-9-23(24)31-25(34)19-6-1-2-7-19/h4-5,8,10-13,18-19,28-29H,1-3,6-7,9,14-17H2/b28-26?,30-18+,32-27+. The van der Waals surface area contributed by atoms with Crippen LogP contribution in [0.2, 0.25) is 0 Å². The molecule has 3 aromatic rings. The summed E-state index contributed by atoms with van der Waals surface area (Å²) in [6, 6.07) is 8.21. The van der Waals surface area contributed by atoms with Crippen molar-refractivity contribution in [2.24, 2.45) is 9.98 Å². The van der Waals surface area contributed by atoms with Gasteiger partial charge in [0, 0.05) is 47.9 Å². The van der Waals surface area contributed by atoms with Crippen LogP contribution in [-0.2, 0) is 11.2 Å². The number of nitrogens with one attached hydrogen (secondary N) is 2. The summed E-state index contributed by atoms with van der Waals surface area (Å²) < 4.78 is 7.61. The first-order valence-corrected chi connectivity index (χ1v) is 12.7. The predicted molar refractivity (Wildman–Crippen MR) is 140 cm³/mol. The molecule has 180 valence electrons. The maximum absolute atomic E-state index is 8.78. The van der Waals surface area contributed by atoms with Gasteiger partial charge in [0.2, 0.25) is 11.9 Å². The maximum Gasteiger partial charge on any atom is 0.238 e. The molecule has 0 bridgehead atoms. The topological polar surface area (TPSA) is 94.6 Å². The highest BCUT2D eigenvalue weighted by Crippen LogP contribution is 2.36. The molecule has 2 aromatic heterocycles. The van der Waals surface area contributed by atoms with E-state index in [9.17, 15) is 0 Å². The number of aryl methyl sites for hydroxylation is 1. The van der Waals surface area contributed by atoms with Gasteiger partial charge >= 0.3 is 0 Å². The molecule has 3 heterocycles. The molecule has 0 radical (unpaired) electrons. The van der Waals surface area contributed by atoms with Crippen molar-refractivity contribution in [2.45, 2.75) is 44.4 Å². The van der Waals surface area contributed by atoms with E-state index in [0.717, 1.165) is 59.4 Å². The molecule has 35 heavy (non-hydrogen) atoms. The average Bonchev–Trinajstić information content (AvgIpc) is 3.66. The molecule has 0 spiro atoms. The van der Waals surface area contributed by atoms with Crippen LogP contribution in [0, 0.1) is 5.41 Å². The zero-order chi connectivity index (χ0) is 23.6. The normalized spacial score (nSPS) is 19.2. The zero-order valence-electron chi connectivity index (χ0n) is 19.9. The Morgan fingerprint density at radius 2 is 2.03 bits per heavy atom. The second kappa shape index (κ2) is 9.62. The highest BCUT2D eigenvalue weighted by atomic mass is 16.5. The summed E-state index contributed by atoms with van der Waals surface area (Å²) >= 11 is 0. The van der Waals surface area contributed by atoms with Crippen molar-refractivity contribution in [3.8, 4) is 0 Å². The van der Waals surface area contributed by atoms with E-state index < -0.39 is 0 Å². The molecule has 1 saturated heterocycles. The summed E-state index contributed by atoms with van der Waals surface area (Å²) in [5.74, 6) is 2.18. The number of aromatic nitrogens is 3. The molecule has 8 nitrogen and oxygen atoms in total. The number of guanidine groups is 1. The van der Waals surface area contributed by atoms with E-state index in [1.807, 2.05) is 23.4 Å². The number of rotatable bonds is 2. The van der Waals surface area contributed by atoms with Crippen LogP contribution in [0.3, 0.4) is 0 Å². The predicted octanol–water partition coefficient (Wildman–Crippen LogP) is 4.57. The molecule has 1 aromatic carbocycles. The third-order valence-electron chi connectivity index (χ3n) is 7.22. The summed E-state index contributed by atoms with van der Waals surface area (Å²) in [6.07, 6.45) is 14.8. The molecule has 8 heteroatoms. The van der Waals surface area contributed by atoms with E-state index in [4.69, 9.17) is 25.1 Å². The first-order valence-electron chi connectivity index (χ1n) is 12.7. The number of ether oxygens (including phenoxy) is 1. The Labute approximate surface area is 204 Å². The highest BCUT2D eigenvalue weighted by molar-refractivity contribution is 6.05. The molecule has 3 aliphatic rings. The van der Waals surface area contributed by atoms with Crippen LogP contribution in [0.25, 0.3) is 17.0 Å². The second-order valence-corrected chi connectivity index (χ2v) is 9.44. The van der Waals surface area contributed by atoms with Gasteiger partial charge in [0.25, 0.3) is 0 Å². The lowest BCUT2D eigenvalue weighted by atomic mass is 10.1. The lowest BCUT2D eigenvalue weighted by molar-refractivity contribution is 0.0672. The van der Waals surface area contributed by atoms with E-state index in [0.29, 0.717) is 38.2 Å². The van der Waals surface area contributed by atoms with Gasteiger partial charge in [0.15, 0.2) is 0 Å². The van der Waals surface area contributed by atoms with E-state index in [1.165, 1.54) is 12.8 Å².